The number of thiophene rings is 1. The van der Waals surface area contributed by atoms with Gasteiger partial charge in [0.05, 0.1) is 11.4 Å². The summed E-state index contributed by atoms with van der Waals surface area (Å²) in [6.07, 6.45) is 13.6. The van der Waals surface area contributed by atoms with E-state index >= 15 is 0 Å². The fourth-order valence-electron chi connectivity index (χ4n) is 15.6. The lowest BCUT2D eigenvalue weighted by Gasteiger charge is -2.48. The number of anilines is 6. The van der Waals surface area contributed by atoms with E-state index in [2.05, 4.69) is 228 Å². The second kappa shape index (κ2) is 16.7. The van der Waals surface area contributed by atoms with Gasteiger partial charge in [-0.3, -0.25) is 0 Å². The third-order valence-corrected chi connectivity index (χ3v) is 22.2. The zero-order valence-electron chi connectivity index (χ0n) is 49.1. The van der Waals surface area contributed by atoms with Crippen molar-refractivity contribution in [1.29, 1.82) is 0 Å². The zero-order valence-corrected chi connectivity index (χ0v) is 49.9. The van der Waals surface area contributed by atoms with Crippen molar-refractivity contribution in [3.63, 3.8) is 0 Å². The third kappa shape index (κ3) is 7.65. The fraction of sp³-hybridized carbons (Fsp3) is 0.472. The quantitative estimate of drug-likeness (QED) is 0.162. The van der Waals surface area contributed by atoms with Crippen LogP contribution in [0.15, 0.2) is 103 Å². The van der Waals surface area contributed by atoms with Crippen LogP contribution in [0.2, 0.25) is 0 Å². The van der Waals surface area contributed by atoms with Gasteiger partial charge >= 0.3 is 0 Å². The lowest BCUT2D eigenvalue weighted by molar-refractivity contribution is 0.332. The number of hydrogen-bond donors (Lipinski definition) is 0. The molecule has 76 heavy (non-hydrogen) atoms. The minimum Gasteiger partial charge on any atom is -0.311 e. The van der Waals surface area contributed by atoms with E-state index in [0.29, 0.717) is 5.92 Å². The van der Waals surface area contributed by atoms with Crippen LogP contribution in [0.3, 0.4) is 0 Å². The Hall–Kier alpha value is -5.06. The van der Waals surface area contributed by atoms with Crippen LogP contribution in [0, 0.1) is 0 Å². The first-order chi connectivity index (χ1) is 35.8. The minimum absolute atomic E-state index is 0.0118. The molecule has 0 radical (unpaired) electrons. The van der Waals surface area contributed by atoms with E-state index in [-0.39, 0.29) is 44.6 Å². The Labute approximate surface area is 462 Å². The number of rotatable bonds is 4. The maximum Gasteiger partial charge on any atom is 0.264 e. The van der Waals surface area contributed by atoms with Crippen LogP contribution >= 0.6 is 11.3 Å². The molecule has 1 fully saturated rings. The molecule has 0 unspecified atom stereocenters. The molecule has 0 saturated heterocycles. The average Bonchev–Trinajstić information content (AvgIpc) is 3.81. The Morgan fingerprint density at radius 1 is 0.487 bits per heavy atom. The normalized spacial score (nSPS) is 21.3. The van der Waals surface area contributed by atoms with E-state index in [9.17, 15) is 0 Å². The van der Waals surface area contributed by atoms with Gasteiger partial charge in [0.25, 0.3) is 6.71 Å². The molecule has 392 valence electrons. The average molecular weight is 1020 g/mol. The Balaban J connectivity index is 1.20. The van der Waals surface area contributed by atoms with Crippen molar-refractivity contribution in [2.24, 2.45) is 0 Å². The van der Waals surface area contributed by atoms with Gasteiger partial charge in [0.15, 0.2) is 0 Å². The Kier molecular flexibility index (Phi) is 11.1. The first kappa shape index (κ1) is 50.4. The maximum atomic E-state index is 2.84. The van der Waals surface area contributed by atoms with Crippen molar-refractivity contribution in [3.8, 4) is 11.1 Å². The van der Waals surface area contributed by atoms with Gasteiger partial charge in [0, 0.05) is 43.2 Å². The van der Waals surface area contributed by atoms with E-state index in [1.165, 1.54) is 169 Å². The van der Waals surface area contributed by atoms with Gasteiger partial charge in [-0.2, -0.15) is 0 Å². The zero-order chi connectivity index (χ0) is 53.4. The fourth-order valence-corrected chi connectivity index (χ4v) is 16.9. The lowest BCUT2D eigenvalue weighted by Crippen LogP contribution is -2.61. The monoisotopic (exact) mass is 1020 g/mol. The summed E-state index contributed by atoms with van der Waals surface area (Å²) < 4.78 is 2.94. The SMILES string of the molecule is CC(C)(C)c1ccc(N2c3cc4c(cc3B3c5sc6cc7c(cc6c5N(c5ccc6c(c5)C(C)(C)CCC6(C)C)c5cc(C6CCCCC6)cc2c53)C(C)(C)CCC7(C)C)C(C)(C)CCC4(C)C)c(-c2ccccc2)c1. The summed E-state index contributed by atoms with van der Waals surface area (Å²) in [5.41, 5.74) is 26.2. The van der Waals surface area contributed by atoms with Gasteiger partial charge < -0.3 is 9.80 Å². The maximum absolute atomic E-state index is 2.84. The second-order valence-corrected chi connectivity index (χ2v) is 31.0. The highest BCUT2D eigenvalue weighted by molar-refractivity contribution is 7.33. The van der Waals surface area contributed by atoms with Crippen molar-refractivity contribution in [2.45, 2.75) is 218 Å². The Bertz CT molecular complexity index is 3530. The van der Waals surface area contributed by atoms with Crippen molar-refractivity contribution in [2.75, 3.05) is 9.80 Å². The molecule has 0 atom stereocenters. The molecule has 3 heterocycles. The highest BCUT2D eigenvalue weighted by atomic mass is 32.1. The summed E-state index contributed by atoms with van der Waals surface area (Å²) in [5.74, 6) is 0.512. The molecule has 0 bridgehead atoms. The number of fused-ring (bicyclic) bond motifs is 9. The third-order valence-electron chi connectivity index (χ3n) is 21.0. The molecule has 7 aromatic rings. The summed E-state index contributed by atoms with van der Waals surface area (Å²) in [4.78, 5) is 5.65. The lowest BCUT2D eigenvalue weighted by atomic mass is 9.35. The summed E-state index contributed by atoms with van der Waals surface area (Å²) in [5, 5.41) is 1.43. The van der Waals surface area contributed by atoms with Crippen LogP contribution in [0.1, 0.15) is 225 Å². The highest BCUT2D eigenvalue weighted by Gasteiger charge is 2.50. The molecule has 0 spiro atoms. The minimum atomic E-state index is -0.0118. The number of nitrogens with zero attached hydrogens (tertiary/aromatic N) is 2. The molecule has 2 nitrogen and oxygen atoms in total. The first-order valence-electron chi connectivity index (χ1n) is 29.7. The van der Waals surface area contributed by atoms with Crippen molar-refractivity contribution in [3.05, 3.63) is 148 Å². The summed E-state index contributed by atoms with van der Waals surface area (Å²) in [6, 6.07) is 42.9. The van der Waals surface area contributed by atoms with Crippen LogP contribution in [0.5, 0.6) is 0 Å². The second-order valence-electron chi connectivity index (χ2n) is 30.0. The van der Waals surface area contributed by atoms with E-state index in [1.54, 1.807) is 16.7 Å². The molecule has 0 N–H and O–H groups in total. The molecular weight excluding hydrogens is 936 g/mol. The molecular formula is C72H85BN2S. The van der Waals surface area contributed by atoms with Gasteiger partial charge in [-0.25, -0.2) is 0 Å². The molecule has 2 aliphatic heterocycles. The van der Waals surface area contributed by atoms with Crippen LogP contribution in [-0.2, 0) is 37.9 Å². The van der Waals surface area contributed by atoms with Crippen LogP contribution in [0.25, 0.3) is 21.2 Å². The highest BCUT2D eigenvalue weighted by Crippen LogP contribution is 2.57. The molecule has 6 aliphatic rings. The molecule has 6 aromatic carbocycles. The number of hydrogen-bond acceptors (Lipinski definition) is 3. The summed E-state index contributed by atoms with van der Waals surface area (Å²) in [7, 11) is 0. The van der Waals surface area contributed by atoms with Gasteiger partial charge in [-0.1, -0.05) is 172 Å². The molecule has 4 heteroatoms. The molecule has 1 aromatic heterocycles. The van der Waals surface area contributed by atoms with Crippen molar-refractivity contribution >= 4 is 78.0 Å². The topological polar surface area (TPSA) is 6.48 Å². The summed E-state index contributed by atoms with van der Waals surface area (Å²) in [6.45, 7) is 37.3. The van der Waals surface area contributed by atoms with Crippen molar-refractivity contribution < 1.29 is 0 Å². The largest absolute Gasteiger partial charge is 0.311 e. The molecule has 1 saturated carbocycles. The molecule has 13 rings (SSSR count). The van der Waals surface area contributed by atoms with Crippen LogP contribution < -0.4 is 25.5 Å². The predicted octanol–water partition coefficient (Wildman–Crippen LogP) is 19.0. The van der Waals surface area contributed by atoms with Crippen molar-refractivity contribution in [1.82, 2.24) is 0 Å². The van der Waals surface area contributed by atoms with E-state index in [1.807, 2.05) is 0 Å². The van der Waals surface area contributed by atoms with Gasteiger partial charge in [-0.15, -0.1) is 11.3 Å². The van der Waals surface area contributed by atoms with Gasteiger partial charge in [-0.05, 0) is 211 Å². The molecule has 0 amide bonds. The van der Waals surface area contributed by atoms with E-state index in [4.69, 9.17) is 0 Å². The van der Waals surface area contributed by atoms with Gasteiger partial charge in [0.2, 0.25) is 0 Å². The predicted molar refractivity (Wildman–Crippen MR) is 332 cm³/mol. The summed E-state index contributed by atoms with van der Waals surface area (Å²) >= 11 is 2.11. The first-order valence-corrected chi connectivity index (χ1v) is 30.5. The van der Waals surface area contributed by atoms with Crippen LogP contribution in [-0.4, -0.2) is 6.71 Å². The Morgan fingerprint density at radius 2 is 1.03 bits per heavy atom. The molecule has 4 aliphatic carbocycles. The van der Waals surface area contributed by atoms with Crippen LogP contribution in [0.4, 0.5) is 34.1 Å². The Morgan fingerprint density at radius 3 is 1.63 bits per heavy atom. The van der Waals surface area contributed by atoms with Gasteiger partial charge in [0.1, 0.15) is 0 Å². The smallest absolute Gasteiger partial charge is 0.264 e. The van der Waals surface area contributed by atoms with E-state index in [0.717, 1.165) is 0 Å². The standard InChI is InChI=1S/C72H85BN2S/c1-66(2,3)47-26-29-58(49(38-47)45-24-20-17-21-25-45)75-59-42-55-54(70(10,11)33-34-71(55,12)13)41-57(59)73-63-60(36-46(37-61(63)75)44-22-18-16-19-23-44)74(48-27-28-51-52(39-48)68(6,7)31-30-67(51,4)5)64-50-40-53-56(43-62(50)76-65(64)73)72(14,15)35-32-69(53,8)9/h17,20-21,24-29,36-44H,16,18-19,22-23,30-35H2,1-15H3. The number of benzene rings is 6. The van der Waals surface area contributed by atoms with E-state index < -0.39 is 0 Å².